The van der Waals surface area contributed by atoms with Gasteiger partial charge in [0.1, 0.15) is 6.04 Å². The van der Waals surface area contributed by atoms with Gasteiger partial charge in [-0.25, -0.2) is 0 Å². The van der Waals surface area contributed by atoms with Crippen LogP contribution in [-0.2, 0) is 19.7 Å². The van der Waals surface area contributed by atoms with E-state index in [1.54, 1.807) is 0 Å². The molecule has 2 atom stereocenters. The van der Waals surface area contributed by atoms with Crippen LogP contribution in [-0.4, -0.2) is 41.2 Å². The lowest BCUT2D eigenvalue weighted by atomic mass is 10.2. The van der Waals surface area contributed by atoms with Crippen molar-refractivity contribution >= 4 is 22.0 Å². The van der Waals surface area contributed by atoms with Gasteiger partial charge in [0.05, 0.1) is 0 Å². The highest BCUT2D eigenvalue weighted by atomic mass is 32.2. The number of carboxylic acids is 1. The summed E-state index contributed by atoms with van der Waals surface area (Å²) >= 11 is 0. The molecule has 0 aliphatic rings. The average molecular weight is 212 g/mol. The van der Waals surface area contributed by atoms with Crippen LogP contribution in [0.25, 0.3) is 0 Å². The summed E-state index contributed by atoms with van der Waals surface area (Å²) in [5.41, 5.74) is 9.35. The number of carbonyl (C=O) groups excluding carboxylic acids is 1. The minimum atomic E-state index is -4.89. The van der Waals surface area contributed by atoms with Gasteiger partial charge in [-0.2, -0.15) is 8.42 Å². The van der Waals surface area contributed by atoms with Crippen LogP contribution in [0.15, 0.2) is 0 Å². The molecule has 0 heterocycles. The third-order valence-electron chi connectivity index (χ3n) is 1.21. The van der Waals surface area contributed by atoms with E-state index in [9.17, 15) is 18.0 Å². The van der Waals surface area contributed by atoms with Crippen molar-refractivity contribution in [1.82, 2.24) is 0 Å². The van der Waals surface area contributed by atoms with Gasteiger partial charge in [0.2, 0.25) is 5.91 Å². The maximum absolute atomic E-state index is 10.4. The van der Waals surface area contributed by atoms with E-state index in [4.69, 9.17) is 15.4 Å². The second kappa shape index (κ2) is 3.68. The number of nitrogens with two attached hydrogens (primary N) is 2. The summed E-state index contributed by atoms with van der Waals surface area (Å²) in [5.74, 6) is -3.26. The molecular formula is C4H8N2O6S. The summed E-state index contributed by atoms with van der Waals surface area (Å²) < 4.78 is 29.3. The number of amides is 1. The molecule has 0 unspecified atom stereocenters. The van der Waals surface area contributed by atoms with E-state index < -0.39 is 33.3 Å². The molecule has 0 rings (SSSR count). The average Bonchev–Trinajstić information content (AvgIpc) is 1.82. The Hall–Kier alpha value is -1.19. The zero-order chi connectivity index (χ0) is 10.8. The molecule has 8 nitrogen and oxygen atoms in total. The van der Waals surface area contributed by atoms with E-state index in [1.807, 2.05) is 0 Å². The van der Waals surface area contributed by atoms with Gasteiger partial charge in [0, 0.05) is 0 Å². The quantitative estimate of drug-likeness (QED) is 0.364. The van der Waals surface area contributed by atoms with Crippen molar-refractivity contribution in [3.05, 3.63) is 0 Å². The molecule has 0 aliphatic carbocycles. The van der Waals surface area contributed by atoms with Gasteiger partial charge in [-0.1, -0.05) is 0 Å². The van der Waals surface area contributed by atoms with Crippen LogP contribution in [0.1, 0.15) is 0 Å². The Labute approximate surface area is 73.3 Å². The molecule has 0 saturated carbocycles. The Morgan fingerprint density at radius 2 is 1.69 bits per heavy atom. The summed E-state index contributed by atoms with van der Waals surface area (Å²) in [7, 11) is -4.89. The number of aliphatic carboxylic acids is 1. The SMILES string of the molecule is NC(=O)[C@@H]([C@H](N)C(=O)O)S(=O)(=O)O. The minimum absolute atomic E-state index is 1.52. The van der Waals surface area contributed by atoms with Crippen molar-refractivity contribution in [2.45, 2.75) is 11.3 Å². The number of rotatable bonds is 4. The Morgan fingerprint density at radius 3 is 1.77 bits per heavy atom. The largest absolute Gasteiger partial charge is 0.480 e. The van der Waals surface area contributed by atoms with Crippen molar-refractivity contribution in [3.63, 3.8) is 0 Å². The fourth-order valence-corrected chi connectivity index (χ4v) is 1.42. The van der Waals surface area contributed by atoms with Crippen LogP contribution in [0.3, 0.4) is 0 Å². The monoisotopic (exact) mass is 212 g/mol. The molecule has 0 aromatic carbocycles. The van der Waals surface area contributed by atoms with Gasteiger partial charge < -0.3 is 16.6 Å². The lowest BCUT2D eigenvalue weighted by Gasteiger charge is -2.13. The lowest BCUT2D eigenvalue weighted by Crippen LogP contribution is -2.52. The highest BCUT2D eigenvalue weighted by molar-refractivity contribution is 7.87. The highest BCUT2D eigenvalue weighted by Crippen LogP contribution is 2.02. The smallest absolute Gasteiger partial charge is 0.322 e. The fraction of sp³-hybridized carbons (Fsp3) is 0.500. The van der Waals surface area contributed by atoms with Gasteiger partial charge in [0.15, 0.2) is 5.25 Å². The van der Waals surface area contributed by atoms with Crippen LogP contribution in [0.2, 0.25) is 0 Å². The van der Waals surface area contributed by atoms with Crippen LogP contribution in [0, 0.1) is 0 Å². The molecular weight excluding hydrogens is 204 g/mol. The fourth-order valence-electron chi connectivity index (χ4n) is 0.639. The predicted octanol–water partition coefficient (Wildman–Crippen LogP) is -2.86. The third kappa shape index (κ3) is 2.97. The number of carboxylic acid groups (broad SMARTS) is 1. The van der Waals surface area contributed by atoms with Crippen LogP contribution in [0.4, 0.5) is 0 Å². The van der Waals surface area contributed by atoms with Gasteiger partial charge in [-0.05, 0) is 0 Å². The number of hydrogen-bond acceptors (Lipinski definition) is 5. The third-order valence-corrected chi connectivity index (χ3v) is 2.38. The standard InChI is InChI=1S/C4H8N2O6S/c5-1(4(8)9)2(3(6)7)13(10,11)12/h1-2H,5H2,(H2,6,7)(H,8,9)(H,10,11,12)/t1-,2+/m0/s1. The van der Waals surface area contributed by atoms with E-state index in [0.717, 1.165) is 0 Å². The number of hydrogen-bond donors (Lipinski definition) is 4. The molecule has 0 aromatic rings. The Bertz CT molecular complexity index is 322. The van der Waals surface area contributed by atoms with Crippen molar-refractivity contribution in [3.8, 4) is 0 Å². The van der Waals surface area contributed by atoms with Gasteiger partial charge in [0.25, 0.3) is 10.1 Å². The van der Waals surface area contributed by atoms with Gasteiger partial charge >= 0.3 is 5.97 Å². The first-order chi connectivity index (χ1) is 5.68. The van der Waals surface area contributed by atoms with Crippen molar-refractivity contribution in [1.29, 1.82) is 0 Å². The predicted molar refractivity (Wildman–Crippen MR) is 40.1 cm³/mol. The Kier molecular flexibility index (Phi) is 3.34. The first-order valence-electron chi connectivity index (χ1n) is 2.92. The molecule has 0 aromatic heterocycles. The summed E-state index contributed by atoms with van der Waals surface area (Å²) in [5, 5.41) is 5.93. The second-order valence-electron chi connectivity index (χ2n) is 2.20. The summed E-state index contributed by atoms with van der Waals surface area (Å²) in [6.45, 7) is 0. The molecule has 0 saturated heterocycles. The van der Waals surface area contributed by atoms with E-state index >= 15 is 0 Å². The van der Waals surface area contributed by atoms with E-state index in [-0.39, 0.29) is 0 Å². The van der Waals surface area contributed by atoms with Crippen molar-refractivity contribution in [2.75, 3.05) is 0 Å². The maximum Gasteiger partial charge on any atom is 0.322 e. The topological polar surface area (TPSA) is 161 Å². The highest BCUT2D eigenvalue weighted by Gasteiger charge is 2.39. The maximum atomic E-state index is 10.4. The molecule has 13 heavy (non-hydrogen) atoms. The summed E-state index contributed by atoms with van der Waals surface area (Å²) in [4.78, 5) is 20.6. The van der Waals surface area contributed by atoms with E-state index in [2.05, 4.69) is 5.73 Å². The van der Waals surface area contributed by atoms with Crippen LogP contribution in [0.5, 0.6) is 0 Å². The van der Waals surface area contributed by atoms with Crippen LogP contribution < -0.4 is 11.5 Å². The van der Waals surface area contributed by atoms with Gasteiger partial charge in [-0.3, -0.25) is 14.1 Å². The molecule has 0 spiro atoms. The molecule has 1 amide bonds. The first-order valence-corrected chi connectivity index (χ1v) is 4.42. The number of carbonyl (C=O) groups is 2. The lowest BCUT2D eigenvalue weighted by molar-refractivity contribution is -0.140. The molecule has 0 bridgehead atoms. The van der Waals surface area contributed by atoms with E-state index in [0.29, 0.717) is 0 Å². The molecule has 76 valence electrons. The van der Waals surface area contributed by atoms with Crippen molar-refractivity contribution in [2.24, 2.45) is 11.5 Å². The van der Waals surface area contributed by atoms with Gasteiger partial charge in [-0.15, -0.1) is 0 Å². The summed E-state index contributed by atoms with van der Waals surface area (Å²) in [6.07, 6.45) is 0. The zero-order valence-corrected chi connectivity index (χ0v) is 7.06. The molecule has 6 N–H and O–H groups in total. The molecule has 0 fully saturated rings. The summed E-state index contributed by atoms with van der Waals surface area (Å²) in [6, 6.07) is -2.08. The molecule has 9 heteroatoms. The molecule has 0 aliphatic heterocycles. The van der Waals surface area contributed by atoms with Crippen LogP contribution >= 0.6 is 0 Å². The van der Waals surface area contributed by atoms with Crippen molar-refractivity contribution < 1.29 is 27.7 Å². The first kappa shape index (κ1) is 11.8. The zero-order valence-electron chi connectivity index (χ0n) is 6.25. The second-order valence-corrected chi connectivity index (χ2v) is 3.74. The minimum Gasteiger partial charge on any atom is -0.480 e. The normalized spacial score (nSPS) is 16.2. The van der Waals surface area contributed by atoms with E-state index in [1.165, 1.54) is 0 Å². The Balaban J connectivity index is 5.07. The molecule has 0 radical (unpaired) electrons. The Morgan fingerprint density at radius 1 is 1.31 bits per heavy atom. The number of primary amides is 1.